The third-order valence-electron chi connectivity index (χ3n) is 5.82. The molecule has 180 valence electrons. The van der Waals surface area contributed by atoms with Gasteiger partial charge in [-0.1, -0.05) is 82.3 Å². The molecule has 0 spiro atoms. The molecule has 33 heavy (non-hydrogen) atoms. The van der Waals surface area contributed by atoms with Gasteiger partial charge in [-0.3, -0.25) is 9.59 Å². The van der Waals surface area contributed by atoms with E-state index in [2.05, 4.69) is 62.5 Å². The molecule has 4 nitrogen and oxygen atoms in total. The highest BCUT2D eigenvalue weighted by Gasteiger charge is 2.30. The fourth-order valence-electron chi connectivity index (χ4n) is 3.92. The number of carbonyl (C=O) groups is 2. The van der Waals surface area contributed by atoms with Gasteiger partial charge in [-0.15, -0.1) is 0 Å². The minimum absolute atomic E-state index is 0.0294. The average Bonchev–Trinajstić information content (AvgIpc) is 2.74. The Labute approximate surface area is 200 Å². The van der Waals surface area contributed by atoms with Crippen LogP contribution in [0.4, 0.5) is 0 Å². The number of nitrogens with one attached hydrogen (secondary N) is 1. The number of nitrogens with zero attached hydrogens (tertiary/aromatic N) is 1. The van der Waals surface area contributed by atoms with Gasteiger partial charge in [0, 0.05) is 18.5 Å². The minimum atomic E-state index is -0.469. The number of aryl methyl sites for hydroxylation is 1. The molecule has 2 aromatic rings. The van der Waals surface area contributed by atoms with Crippen molar-refractivity contribution in [3.05, 3.63) is 71.3 Å². The van der Waals surface area contributed by atoms with Crippen LogP contribution in [-0.4, -0.2) is 34.8 Å². The van der Waals surface area contributed by atoms with E-state index in [1.165, 1.54) is 11.1 Å². The molecule has 0 aliphatic rings. The standard InChI is InChI=1S/C29H42N2O2/c1-8-25(27(33)30-29(5,6)7)31(21-20-22-12-10-9-11-13-22)26(32)19-16-23-14-17-24(18-15-23)28(2,3)4/h9-15,17-18,25H,8,16,19-21H2,1-7H3,(H,30,33). The first-order valence-corrected chi connectivity index (χ1v) is 12.2. The van der Waals surface area contributed by atoms with Crippen LogP contribution in [0.15, 0.2) is 54.6 Å². The fourth-order valence-corrected chi connectivity index (χ4v) is 3.92. The van der Waals surface area contributed by atoms with E-state index in [-0.39, 0.29) is 22.8 Å². The summed E-state index contributed by atoms with van der Waals surface area (Å²) in [6, 6.07) is 18.2. The van der Waals surface area contributed by atoms with E-state index in [1.54, 1.807) is 4.90 Å². The van der Waals surface area contributed by atoms with Crippen molar-refractivity contribution in [3.63, 3.8) is 0 Å². The minimum Gasteiger partial charge on any atom is -0.350 e. The van der Waals surface area contributed by atoms with Gasteiger partial charge >= 0.3 is 0 Å². The Morgan fingerprint density at radius 2 is 1.42 bits per heavy atom. The number of hydrogen-bond donors (Lipinski definition) is 1. The van der Waals surface area contributed by atoms with E-state index >= 15 is 0 Å². The lowest BCUT2D eigenvalue weighted by Gasteiger charge is -2.33. The van der Waals surface area contributed by atoms with Crippen LogP contribution in [0, 0.1) is 0 Å². The number of hydrogen-bond acceptors (Lipinski definition) is 2. The van der Waals surface area contributed by atoms with Crippen molar-refractivity contribution < 1.29 is 9.59 Å². The lowest BCUT2D eigenvalue weighted by Crippen LogP contribution is -2.54. The van der Waals surface area contributed by atoms with Crippen molar-refractivity contribution in [2.75, 3.05) is 6.54 Å². The van der Waals surface area contributed by atoms with Crippen molar-refractivity contribution >= 4 is 11.8 Å². The lowest BCUT2D eigenvalue weighted by atomic mass is 9.86. The number of carbonyl (C=O) groups excluding carboxylic acids is 2. The zero-order valence-electron chi connectivity index (χ0n) is 21.6. The molecule has 2 aromatic carbocycles. The van der Waals surface area contributed by atoms with Crippen LogP contribution in [0.3, 0.4) is 0 Å². The Morgan fingerprint density at radius 1 is 0.848 bits per heavy atom. The maximum atomic E-state index is 13.4. The number of amides is 2. The van der Waals surface area contributed by atoms with Crippen molar-refractivity contribution in [1.29, 1.82) is 0 Å². The molecule has 1 atom stereocenters. The van der Waals surface area contributed by atoms with Crippen molar-refractivity contribution in [1.82, 2.24) is 10.2 Å². The second kappa shape index (κ2) is 11.5. The van der Waals surface area contributed by atoms with Gasteiger partial charge in [-0.25, -0.2) is 0 Å². The molecule has 4 heteroatoms. The summed E-state index contributed by atoms with van der Waals surface area (Å²) >= 11 is 0. The molecule has 0 aliphatic heterocycles. The molecular weight excluding hydrogens is 408 g/mol. The first kappa shape index (κ1) is 26.6. The smallest absolute Gasteiger partial charge is 0.243 e. The van der Waals surface area contributed by atoms with Gasteiger partial charge < -0.3 is 10.2 Å². The van der Waals surface area contributed by atoms with E-state index in [0.717, 1.165) is 12.0 Å². The van der Waals surface area contributed by atoms with Gasteiger partial charge in [0.2, 0.25) is 11.8 Å². The monoisotopic (exact) mass is 450 g/mol. The van der Waals surface area contributed by atoms with E-state index in [0.29, 0.717) is 25.8 Å². The van der Waals surface area contributed by atoms with Crippen LogP contribution in [-0.2, 0) is 27.8 Å². The molecule has 0 radical (unpaired) electrons. The summed E-state index contributed by atoms with van der Waals surface area (Å²) in [5.41, 5.74) is 3.36. The van der Waals surface area contributed by atoms with Crippen molar-refractivity contribution in [3.8, 4) is 0 Å². The van der Waals surface area contributed by atoms with E-state index in [4.69, 9.17) is 0 Å². The van der Waals surface area contributed by atoms with Crippen LogP contribution in [0.2, 0.25) is 0 Å². The molecule has 0 saturated carbocycles. The first-order valence-electron chi connectivity index (χ1n) is 12.2. The predicted molar refractivity (Wildman–Crippen MR) is 137 cm³/mol. The summed E-state index contributed by atoms with van der Waals surface area (Å²) in [5, 5.41) is 3.06. The normalized spacial score (nSPS) is 12.8. The van der Waals surface area contributed by atoms with Gasteiger partial charge in [0.1, 0.15) is 6.04 Å². The predicted octanol–water partition coefficient (Wildman–Crippen LogP) is 5.68. The second-order valence-corrected chi connectivity index (χ2v) is 10.9. The Morgan fingerprint density at radius 3 is 1.94 bits per heavy atom. The van der Waals surface area contributed by atoms with Crippen LogP contribution < -0.4 is 5.32 Å². The van der Waals surface area contributed by atoms with Crippen molar-refractivity contribution in [2.45, 2.75) is 91.1 Å². The topological polar surface area (TPSA) is 49.4 Å². The molecule has 2 amide bonds. The maximum absolute atomic E-state index is 13.4. The Hall–Kier alpha value is -2.62. The summed E-state index contributed by atoms with van der Waals surface area (Å²) in [5.74, 6) is -0.0531. The largest absolute Gasteiger partial charge is 0.350 e. The Bertz CT molecular complexity index is 890. The molecule has 1 N–H and O–H groups in total. The van der Waals surface area contributed by atoms with Crippen LogP contribution in [0.1, 0.15) is 78.0 Å². The van der Waals surface area contributed by atoms with Gasteiger partial charge in [0.25, 0.3) is 0 Å². The highest BCUT2D eigenvalue weighted by Crippen LogP contribution is 2.22. The van der Waals surface area contributed by atoms with Gasteiger partial charge in [-0.05, 0) is 62.1 Å². The van der Waals surface area contributed by atoms with Gasteiger partial charge in [-0.2, -0.15) is 0 Å². The van der Waals surface area contributed by atoms with Crippen LogP contribution in [0.5, 0.6) is 0 Å². The third kappa shape index (κ3) is 8.68. The summed E-state index contributed by atoms with van der Waals surface area (Å²) in [7, 11) is 0. The molecule has 0 aromatic heterocycles. The zero-order valence-corrected chi connectivity index (χ0v) is 21.6. The molecule has 0 aliphatic carbocycles. The maximum Gasteiger partial charge on any atom is 0.243 e. The molecule has 2 rings (SSSR count). The van der Waals surface area contributed by atoms with E-state index in [9.17, 15) is 9.59 Å². The molecule has 1 unspecified atom stereocenters. The molecular formula is C29H42N2O2. The highest BCUT2D eigenvalue weighted by molar-refractivity contribution is 5.88. The van der Waals surface area contributed by atoms with Gasteiger partial charge in [0.05, 0.1) is 0 Å². The summed E-state index contributed by atoms with van der Waals surface area (Å²) in [6.45, 7) is 15.0. The van der Waals surface area contributed by atoms with E-state index in [1.807, 2.05) is 45.9 Å². The van der Waals surface area contributed by atoms with Gasteiger partial charge in [0.15, 0.2) is 0 Å². The third-order valence-corrected chi connectivity index (χ3v) is 5.82. The SMILES string of the molecule is CCC(C(=O)NC(C)(C)C)N(CCc1ccccc1)C(=O)CCc1ccc(C(C)(C)C)cc1. The Kier molecular flexibility index (Phi) is 9.27. The zero-order chi connectivity index (χ0) is 24.6. The first-order chi connectivity index (χ1) is 15.4. The summed E-state index contributed by atoms with van der Waals surface area (Å²) < 4.78 is 0. The highest BCUT2D eigenvalue weighted by atomic mass is 16.2. The lowest BCUT2D eigenvalue weighted by molar-refractivity contribution is -0.141. The summed E-state index contributed by atoms with van der Waals surface area (Å²) in [6.07, 6.45) is 2.38. The van der Waals surface area contributed by atoms with Crippen LogP contribution in [0.25, 0.3) is 0 Å². The van der Waals surface area contributed by atoms with Crippen molar-refractivity contribution in [2.24, 2.45) is 0 Å². The molecule has 0 heterocycles. The second-order valence-electron chi connectivity index (χ2n) is 10.9. The molecule has 0 saturated heterocycles. The number of rotatable bonds is 9. The average molecular weight is 451 g/mol. The Balaban J connectivity index is 2.14. The summed E-state index contributed by atoms with van der Waals surface area (Å²) in [4.78, 5) is 28.2. The fraction of sp³-hybridized carbons (Fsp3) is 0.517. The molecule has 0 bridgehead atoms. The quantitative estimate of drug-likeness (QED) is 0.534. The van der Waals surface area contributed by atoms with Crippen LogP contribution >= 0.6 is 0 Å². The number of benzene rings is 2. The molecule has 0 fully saturated rings. The van der Waals surface area contributed by atoms with E-state index < -0.39 is 6.04 Å².